The van der Waals surface area contributed by atoms with Gasteiger partial charge in [0.15, 0.2) is 0 Å². The highest BCUT2D eigenvalue weighted by molar-refractivity contribution is 5.59. The molecule has 0 spiro atoms. The fourth-order valence-corrected chi connectivity index (χ4v) is 4.45. The number of hydrogen-bond acceptors (Lipinski definition) is 5. The highest BCUT2D eigenvalue weighted by Gasteiger charge is 2.27. The molecule has 0 N–H and O–H groups in total. The number of fused-ring (bicyclic) bond motifs is 2. The summed E-state index contributed by atoms with van der Waals surface area (Å²) in [6, 6.07) is 6.75. The lowest BCUT2D eigenvalue weighted by atomic mass is 10.1. The Kier molecular flexibility index (Phi) is 3.58. The van der Waals surface area contributed by atoms with Crippen LogP contribution in [0.25, 0.3) is 5.78 Å². The van der Waals surface area contributed by atoms with Gasteiger partial charge in [-0.1, -0.05) is 17.7 Å². The second-order valence-electron chi connectivity index (χ2n) is 7.45. The van der Waals surface area contributed by atoms with Crippen LogP contribution in [0.1, 0.15) is 28.8 Å². The van der Waals surface area contributed by atoms with Gasteiger partial charge in [-0.15, -0.1) is 0 Å². The quantitative estimate of drug-likeness (QED) is 0.712. The van der Waals surface area contributed by atoms with Gasteiger partial charge in [-0.25, -0.2) is 4.98 Å². The summed E-state index contributed by atoms with van der Waals surface area (Å²) in [6.07, 6.45) is 4.97. The van der Waals surface area contributed by atoms with Crippen LogP contribution in [0, 0.1) is 13.8 Å². The van der Waals surface area contributed by atoms with Crippen LogP contribution in [0.15, 0.2) is 24.5 Å². The van der Waals surface area contributed by atoms with Gasteiger partial charge in [0.05, 0.1) is 5.69 Å². The van der Waals surface area contributed by atoms with Gasteiger partial charge in [-0.2, -0.15) is 14.6 Å². The van der Waals surface area contributed by atoms with Gasteiger partial charge < -0.3 is 9.80 Å². The lowest BCUT2D eigenvalue weighted by molar-refractivity contribution is 0.634. The number of aryl methyl sites for hydroxylation is 3. The molecule has 3 aromatic rings. The van der Waals surface area contributed by atoms with Crippen LogP contribution in [-0.2, 0) is 12.8 Å². The van der Waals surface area contributed by atoms with E-state index >= 15 is 0 Å². The third kappa shape index (κ3) is 2.43. The Morgan fingerprint density at radius 3 is 2.58 bits per heavy atom. The summed E-state index contributed by atoms with van der Waals surface area (Å²) in [5.74, 6) is 1.96. The zero-order valence-electron chi connectivity index (χ0n) is 15.4. The molecule has 0 radical (unpaired) electrons. The highest BCUT2D eigenvalue weighted by atomic mass is 15.4. The van der Waals surface area contributed by atoms with Gasteiger partial charge in [0.1, 0.15) is 12.1 Å². The fourth-order valence-electron chi connectivity index (χ4n) is 4.45. The van der Waals surface area contributed by atoms with Crippen LogP contribution in [0.4, 0.5) is 11.5 Å². The van der Waals surface area contributed by atoms with Crippen molar-refractivity contribution in [2.24, 2.45) is 0 Å². The first kappa shape index (κ1) is 15.6. The first-order valence-electron chi connectivity index (χ1n) is 9.49. The standard InChI is InChI=1S/C20H24N6/c1-14-6-7-18(15(2)12-14)24-8-10-25(11-9-24)19-16-4-3-5-17(16)23-20-21-13-22-26(19)20/h6-7,12-13H,3-5,8-11H2,1-2H3. The zero-order chi connectivity index (χ0) is 17.7. The van der Waals surface area contributed by atoms with Gasteiger partial charge in [-0.3, -0.25) is 0 Å². The van der Waals surface area contributed by atoms with E-state index in [1.165, 1.54) is 40.3 Å². The molecule has 6 heteroatoms. The molecule has 1 saturated heterocycles. The fraction of sp³-hybridized carbons (Fsp3) is 0.450. The van der Waals surface area contributed by atoms with Crippen LogP contribution in [0.5, 0.6) is 0 Å². The van der Waals surface area contributed by atoms with Crippen molar-refractivity contribution < 1.29 is 0 Å². The second kappa shape index (κ2) is 5.97. The molecule has 1 fully saturated rings. The maximum Gasteiger partial charge on any atom is 0.254 e. The summed E-state index contributed by atoms with van der Waals surface area (Å²) in [7, 11) is 0. The van der Waals surface area contributed by atoms with Crippen molar-refractivity contribution in [1.82, 2.24) is 19.6 Å². The summed E-state index contributed by atoms with van der Waals surface area (Å²) in [5.41, 5.74) is 6.65. The first-order chi connectivity index (χ1) is 12.7. The van der Waals surface area contributed by atoms with Crippen molar-refractivity contribution in [1.29, 1.82) is 0 Å². The number of benzene rings is 1. The Balaban J connectivity index is 1.44. The monoisotopic (exact) mass is 348 g/mol. The van der Waals surface area contributed by atoms with E-state index in [4.69, 9.17) is 4.98 Å². The third-order valence-electron chi connectivity index (χ3n) is 5.70. The molecule has 1 aliphatic carbocycles. The normalized spacial score (nSPS) is 17.2. The molecule has 0 saturated carbocycles. The van der Waals surface area contributed by atoms with Crippen LogP contribution >= 0.6 is 0 Å². The highest BCUT2D eigenvalue weighted by Crippen LogP contribution is 2.32. The van der Waals surface area contributed by atoms with Crippen molar-refractivity contribution in [2.45, 2.75) is 33.1 Å². The Morgan fingerprint density at radius 2 is 1.77 bits per heavy atom. The van der Waals surface area contributed by atoms with E-state index in [-0.39, 0.29) is 0 Å². The molecule has 0 amide bonds. The van der Waals surface area contributed by atoms with Crippen molar-refractivity contribution in [3.63, 3.8) is 0 Å². The van der Waals surface area contributed by atoms with Crippen LogP contribution in [-0.4, -0.2) is 45.8 Å². The summed E-state index contributed by atoms with van der Waals surface area (Å²) in [5, 5.41) is 4.46. The SMILES string of the molecule is Cc1ccc(N2CCN(c3c4c(nc5ncnn35)CCC4)CC2)c(C)c1. The van der Waals surface area contributed by atoms with Crippen LogP contribution in [0.3, 0.4) is 0 Å². The molecule has 2 aromatic heterocycles. The molecular weight excluding hydrogens is 324 g/mol. The van der Waals surface area contributed by atoms with E-state index in [1.807, 2.05) is 4.52 Å². The summed E-state index contributed by atoms with van der Waals surface area (Å²) < 4.78 is 1.94. The minimum absolute atomic E-state index is 0.734. The second-order valence-corrected chi connectivity index (χ2v) is 7.45. The van der Waals surface area contributed by atoms with Gasteiger partial charge in [0.2, 0.25) is 0 Å². The molecule has 134 valence electrons. The Bertz CT molecular complexity index is 968. The molecule has 0 bridgehead atoms. The van der Waals surface area contributed by atoms with E-state index < -0.39 is 0 Å². The number of hydrogen-bond donors (Lipinski definition) is 0. The minimum atomic E-state index is 0.734. The van der Waals surface area contributed by atoms with Crippen molar-refractivity contribution in [2.75, 3.05) is 36.0 Å². The predicted molar refractivity (Wildman–Crippen MR) is 103 cm³/mol. The number of nitrogens with zero attached hydrogens (tertiary/aromatic N) is 6. The maximum atomic E-state index is 4.71. The number of aromatic nitrogens is 4. The van der Waals surface area contributed by atoms with E-state index in [0.29, 0.717) is 0 Å². The average molecular weight is 348 g/mol. The summed E-state index contributed by atoms with van der Waals surface area (Å²) in [6.45, 7) is 8.41. The molecule has 1 aliphatic heterocycles. The minimum Gasteiger partial charge on any atom is -0.368 e. The van der Waals surface area contributed by atoms with Crippen molar-refractivity contribution in [3.8, 4) is 0 Å². The van der Waals surface area contributed by atoms with Gasteiger partial charge in [0.25, 0.3) is 5.78 Å². The van der Waals surface area contributed by atoms with Gasteiger partial charge >= 0.3 is 0 Å². The van der Waals surface area contributed by atoms with E-state index in [0.717, 1.165) is 44.8 Å². The molecule has 0 unspecified atom stereocenters. The summed E-state index contributed by atoms with van der Waals surface area (Å²) in [4.78, 5) is 14.0. The molecule has 2 aliphatic rings. The van der Waals surface area contributed by atoms with Crippen LogP contribution < -0.4 is 9.80 Å². The first-order valence-corrected chi connectivity index (χ1v) is 9.49. The Morgan fingerprint density at radius 1 is 0.962 bits per heavy atom. The average Bonchev–Trinajstić information content (AvgIpc) is 3.28. The molecular formula is C20H24N6. The Hall–Kier alpha value is -2.63. The van der Waals surface area contributed by atoms with Crippen molar-refractivity contribution in [3.05, 3.63) is 46.9 Å². The van der Waals surface area contributed by atoms with Gasteiger partial charge in [0, 0.05) is 37.4 Å². The van der Waals surface area contributed by atoms with Crippen molar-refractivity contribution >= 4 is 17.3 Å². The number of anilines is 2. The lowest BCUT2D eigenvalue weighted by Gasteiger charge is -2.38. The largest absolute Gasteiger partial charge is 0.368 e. The number of rotatable bonds is 2. The topological polar surface area (TPSA) is 49.6 Å². The third-order valence-corrected chi connectivity index (χ3v) is 5.70. The van der Waals surface area contributed by atoms with E-state index in [9.17, 15) is 0 Å². The molecule has 3 heterocycles. The summed E-state index contributed by atoms with van der Waals surface area (Å²) >= 11 is 0. The molecule has 0 atom stereocenters. The van der Waals surface area contributed by atoms with Gasteiger partial charge in [-0.05, 0) is 44.7 Å². The molecule has 1 aromatic carbocycles. The molecule has 5 rings (SSSR count). The van der Waals surface area contributed by atoms with E-state index in [2.05, 4.69) is 51.9 Å². The zero-order valence-corrected chi connectivity index (χ0v) is 15.4. The predicted octanol–water partition coefficient (Wildman–Crippen LogP) is 2.56. The van der Waals surface area contributed by atoms with Crippen LogP contribution in [0.2, 0.25) is 0 Å². The molecule has 26 heavy (non-hydrogen) atoms. The Labute approximate surface area is 153 Å². The number of piperazine rings is 1. The lowest BCUT2D eigenvalue weighted by Crippen LogP contribution is -2.47. The van der Waals surface area contributed by atoms with E-state index in [1.54, 1.807) is 6.33 Å². The molecule has 6 nitrogen and oxygen atoms in total. The smallest absolute Gasteiger partial charge is 0.254 e. The maximum absolute atomic E-state index is 4.71.